The second-order valence-corrected chi connectivity index (χ2v) is 3.65. The Hall–Kier alpha value is -1.88. The van der Waals surface area contributed by atoms with Crippen molar-refractivity contribution < 1.29 is 9.90 Å². The van der Waals surface area contributed by atoms with Crippen molar-refractivity contribution in [3.8, 4) is 5.69 Å². The van der Waals surface area contributed by atoms with Crippen LogP contribution < -0.4 is 0 Å². The highest BCUT2D eigenvalue weighted by Gasteiger charge is 2.17. The van der Waals surface area contributed by atoms with Crippen LogP contribution in [0, 0.1) is 6.92 Å². The number of carbonyl (C=O) groups is 1. The highest BCUT2D eigenvalue weighted by atomic mass is 35.5. The lowest BCUT2D eigenvalue weighted by atomic mass is 10.3. The molecular weight excluding hydrogens is 230 g/mol. The molecule has 0 bridgehead atoms. The van der Waals surface area contributed by atoms with Crippen molar-refractivity contribution >= 4 is 17.6 Å². The number of hydrogen-bond donors (Lipinski definition) is 1. The zero-order valence-electron chi connectivity index (χ0n) is 8.38. The van der Waals surface area contributed by atoms with Gasteiger partial charge in [-0.25, -0.2) is 9.48 Å². The van der Waals surface area contributed by atoms with Crippen LogP contribution in [0.5, 0.6) is 0 Å². The van der Waals surface area contributed by atoms with Crippen molar-refractivity contribution in [1.82, 2.24) is 15.0 Å². The van der Waals surface area contributed by atoms with Gasteiger partial charge in [0, 0.05) is 5.02 Å². The summed E-state index contributed by atoms with van der Waals surface area (Å²) in [5.74, 6) is -1.06. The molecule has 2 aromatic rings. The quantitative estimate of drug-likeness (QED) is 0.867. The molecule has 82 valence electrons. The first kappa shape index (κ1) is 10.6. The maximum absolute atomic E-state index is 11.0. The number of nitrogens with zero attached hydrogens (tertiary/aromatic N) is 3. The highest BCUT2D eigenvalue weighted by Crippen LogP contribution is 2.15. The minimum absolute atomic E-state index is 0.0577. The van der Waals surface area contributed by atoms with Crippen LogP contribution in [0.15, 0.2) is 24.3 Å². The number of rotatable bonds is 2. The molecule has 2 rings (SSSR count). The van der Waals surface area contributed by atoms with Crippen LogP contribution in [0.3, 0.4) is 0 Å². The zero-order valence-corrected chi connectivity index (χ0v) is 9.14. The maximum Gasteiger partial charge on any atom is 0.356 e. The molecule has 0 aliphatic heterocycles. The first-order chi connectivity index (χ1) is 7.59. The summed E-state index contributed by atoms with van der Waals surface area (Å²) in [4.78, 5) is 11.0. The number of carboxylic acids is 1. The molecule has 5 nitrogen and oxygen atoms in total. The van der Waals surface area contributed by atoms with Crippen molar-refractivity contribution in [2.45, 2.75) is 6.92 Å². The molecule has 0 saturated heterocycles. The van der Waals surface area contributed by atoms with E-state index in [4.69, 9.17) is 16.7 Å². The molecule has 1 heterocycles. The number of halogens is 1. The second kappa shape index (κ2) is 3.94. The molecule has 1 aromatic carbocycles. The summed E-state index contributed by atoms with van der Waals surface area (Å²) in [6, 6.07) is 6.70. The van der Waals surface area contributed by atoms with Gasteiger partial charge in [-0.1, -0.05) is 16.8 Å². The van der Waals surface area contributed by atoms with Gasteiger partial charge in [0.1, 0.15) is 0 Å². The van der Waals surface area contributed by atoms with E-state index in [1.165, 1.54) is 4.68 Å². The van der Waals surface area contributed by atoms with Gasteiger partial charge in [0.2, 0.25) is 0 Å². The number of hydrogen-bond acceptors (Lipinski definition) is 3. The molecule has 0 saturated carbocycles. The van der Waals surface area contributed by atoms with Crippen LogP contribution in [-0.2, 0) is 0 Å². The Labute approximate surface area is 96.3 Å². The third-order valence-corrected chi connectivity index (χ3v) is 2.36. The van der Waals surface area contributed by atoms with Crippen LogP contribution in [0.4, 0.5) is 0 Å². The van der Waals surface area contributed by atoms with Crippen LogP contribution in [0.1, 0.15) is 16.2 Å². The molecule has 0 aliphatic rings. The highest BCUT2D eigenvalue weighted by molar-refractivity contribution is 6.30. The molecule has 16 heavy (non-hydrogen) atoms. The van der Waals surface area contributed by atoms with Crippen molar-refractivity contribution in [1.29, 1.82) is 0 Å². The van der Waals surface area contributed by atoms with Crippen molar-refractivity contribution in [2.24, 2.45) is 0 Å². The maximum atomic E-state index is 11.0. The third kappa shape index (κ3) is 1.77. The Morgan fingerprint density at radius 3 is 2.56 bits per heavy atom. The Morgan fingerprint density at radius 2 is 2.00 bits per heavy atom. The lowest BCUT2D eigenvalue weighted by Gasteiger charge is -2.03. The van der Waals surface area contributed by atoms with E-state index in [2.05, 4.69) is 10.3 Å². The van der Waals surface area contributed by atoms with E-state index >= 15 is 0 Å². The van der Waals surface area contributed by atoms with Gasteiger partial charge in [-0.15, -0.1) is 5.10 Å². The standard InChI is InChI=1S/C10H8ClN3O2/c1-6-9(10(15)16)14(13-12-6)8-4-2-7(11)3-5-8/h2-5H,1H3,(H,15,16). The second-order valence-electron chi connectivity index (χ2n) is 3.22. The van der Waals surface area contributed by atoms with Crippen molar-refractivity contribution in [3.63, 3.8) is 0 Å². The normalized spacial score (nSPS) is 10.4. The molecule has 1 aromatic heterocycles. The first-order valence-electron chi connectivity index (χ1n) is 4.51. The monoisotopic (exact) mass is 237 g/mol. The van der Waals surface area contributed by atoms with Gasteiger partial charge in [0.15, 0.2) is 5.69 Å². The van der Waals surface area contributed by atoms with Gasteiger partial charge >= 0.3 is 5.97 Å². The molecule has 6 heteroatoms. The molecule has 0 fully saturated rings. The van der Waals surface area contributed by atoms with Gasteiger partial charge in [0.25, 0.3) is 0 Å². The summed E-state index contributed by atoms with van der Waals surface area (Å²) in [6.07, 6.45) is 0. The predicted molar refractivity (Wildman–Crippen MR) is 58.1 cm³/mol. The minimum atomic E-state index is -1.06. The molecule has 0 aliphatic carbocycles. The van der Waals surface area contributed by atoms with E-state index < -0.39 is 5.97 Å². The van der Waals surface area contributed by atoms with Crippen LogP contribution in [0.2, 0.25) is 5.02 Å². The molecular formula is C10H8ClN3O2. The summed E-state index contributed by atoms with van der Waals surface area (Å²) in [7, 11) is 0. The van der Waals surface area contributed by atoms with Crippen molar-refractivity contribution in [2.75, 3.05) is 0 Å². The zero-order chi connectivity index (χ0) is 11.7. The lowest BCUT2D eigenvalue weighted by molar-refractivity contribution is 0.0686. The smallest absolute Gasteiger partial charge is 0.356 e. The van der Waals surface area contributed by atoms with E-state index in [1.807, 2.05) is 0 Å². The van der Waals surface area contributed by atoms with E-state index in [0.717, 1.165) is 0 Å². The number of aryl methyl sites for hydroxylation is 1. The number of aromatic carboxylic acids is 1. The average Bonchev–Trinajstić information content (AvgIpc) is 2.61. The molecule has 0 radical (unpaired) electrons. The molecule has 0 spiro atoms. The van der Waals surface area contributed by atoms with Gasteiger partial charge < -0.3 is 5.11 Å². The molecule has 0 unspecified atom stereocenters. The summed E-state index contributed by atoms with van der Waals surface area (Å²) < 4.78 is 1.27. The van der Waals surface area contributed by atoms with Gasteiger partial charge in [-0.3, -0.25) is 0 Å². The number of carboxylic acid groups (broad SMARTS) is 1. The molecule has 0 amide bonds. The van der Waals surface area contributed by atoms with Crippen LogP contribution in [0.25, 0.3) is 5.69 Å². The van der Waals surface area contributed by atoms with E-state index in [0.29, 0.717) is 16.4 Å². The predicted octanol–water partition coefficient (Wildman–Crippen LogP) is 1.93. The fraction of sp³-hybridized carbons (Fsp3) is 0.100. The van der Waals surface area contributed by atoms with Crippen molar-refractivity contribution in [3.05, 3.63) is 40.7 Å². The summed E-state index contributed by atoms with van der Waals surface area (Å²) >= 11 is 5.75. The van der Waals surface area contributed by atoms with Gasteiger partial charge in [-0.2, -0.15) is 0 Å². The molecule has 0 atom stereocenters. The van der Waals surface area contributed by atoms with Crippen LogP contribution >= 0.6 is 11.6 Å². The Bertz CT molecular complexity index is 533. The van der Waals surface area contributed by atoms with Gasteiger partial charge in [0.05, 0.1) is 11.4 Å². The minimum Gasteiger partial charge on any atom is -0.476 e. The fourth-order valence-corrected chi connectivity index (χ4v) is 1.49. The topological polar surface area (TPSA) is 68.0 Å². The Kier molecular flexibility index (Phi) is 2.62. The first-order valence-corrected chi connectivity index (χ1v) is 4.89. The summed E-state index contributed by atoms with van der Waals surface area (Å²) in [5, 5.41) is 17.1. The van der Waals surface area contributed by atoms with E-state index in [9.17, 15) is 4.79 Å². The van der Waals surface area contributed by atoms with Crippen LogP contribution in [-0.4, -0.2) is 26.1 Å². The lowest BCUT2D eigenvalue weighted by Crippen LogP contribution is -2.09. The fourth-order valence-electron chi connectivity index (χ4n) is 1.37. The number of aromatic nitrogens is 3. The Morgan fingerprint density at radius 1 is 1.38 bits per heavy atom. The summed E-state index contributed by atoms with van der Waals surface area (Å²) in [5.41, 5.74) is 1.05. The van der Waals surface area contributed by atoms with Gasteiger partial charge in [-0.05, 0) is 31.2 Å². The van der Waals surface area contributed by atoms with E-state index in [-0.39, 0.29) is 5.69 Å². The largest absolute Gasteiger partial charge is 0.476 e. The molecule has 1 N–H and O–H groups in total. The van der Waals surface area contributed by atoms with E-state index in [1.54, 1.807) is 31.2 Å². The third-order valence-electron chi connectivity index (χ3n) is 2.11. The Balaban J connectivity index is 2.56. The summed E-state index contributed by atoms with van der Waals surface area (Å²) in [6.45, 7) is 1.60. The SMILES string of the molecule is Cc1nnn(-c2ccc(Cl)cc2)c1C(=O)O. The number of benzene rings is 1. The average molecular weight is 238 g/mol.